The summed E-state index contributed by atoms with van der Waals surface area (Å²) < 4.78 is 2.17. The van der Waals surface area contributed by atoms with Crippen molar-refractivity contribution in [2.75, 3.05) is 5.88 Å². The van der Waals surface area contributed by atoms with Gasteiger partial charge >= 0.3 is 0 Å². The second kappa shape index (κ2) is 5.47. The van der Waals surface area contributed by atoms with Gasteiger partial charge in [0.2, 0.25) is 0 Å². The third-order valence-electron chi connectivity index (χ3n) is 3.35. The monoisotopic (exact) mass is 304 g/mol. The van der Waals surface area contributed by atoms with Crippen molar-refractivity contribution < 1.29 is 0 Å². The summed E-state index contributed by atoms with van der Waals surface area (Å²) in [5.74, 6) is 1.53. The maximum absolute atomic E-state index is 5.98. The van der Waals surface area contributed by atoms with Crippen LogP contribution >= 0.6 is 23.2 Å². The van der Waals surface area contributed by atoms with E-state index in [1.165, 1.54) is 5.56 Å². The Morgan fingerprint density at radius 2 is 1.85 bits per heavy atom. The summed E-state index contributed by atoms with van der Waals surface area (Å²) in [6, 6.07) is 14.0. The number of fused-ring (bicyclic) bond motifs is 1. The molecule has 3 rings (SSSR count). The molecule has 0 saturated heterocycles. The van der Waals surface area contributed by atoms with Crippen molar-refractivity contribution >= 4 is 34.2 Å². The molecule has 0 saturated carbocycles. The van der Waals surface area contributed by atoms with Gasteiger partial charge in [0.1, 0.15) is 5.82 Å². The summed E-state index contributed by atoms with van der Waals surface area (Å²) in [7, 11) is 0. The predicted molar refractivity (Wildman–Crippen MR) is 85.2 cm³/mol. The largest absolute Gasteiger partial charge is 0.296 e. The van der Waals surface area contributed by atoms with Crippen LogP contribution in [-0.2, 0) is 6.42 Å². The molecule has 0 fully saturated rings. The van der Waals surface area contributed by atoms with Crippen LogP contribution in [0, 0.1) is 6.92 Å². The van der Waals surface area contributed by atoms with Crippen molar-refractivity contribution in [3.05, 3.63) is 58.9 Å². The summed E-state index contributed by atoms with van der Waals surface area (Å²) in [4.78, 5) is 4.71. The van der Waals surface area contributed by atoms with E-state index in [0.717, 1.165) is 34.0 Å². The molecule has 0 aliphatic carbocycles. The first kappa shape index (κ1) is 13.5. The molecule has 0 spiro atoms. The molecule has 0 amide bonds. The summed E-state index contributed by atoms with van der Waals surface area (Å²) in [5, 5.41) is 0.730. The SMILES string of the molecule is Cc1cccc2nc(CCCl)n(-c3ccc(Cl)cc3)c12. The Labute approximate surface area is 128 Å². The number of aryl methyl sites for hydroxylation is 2. The van der Waals surface area contributed by atoms with Crippen LogP contribution in [0.25, 0.3) is 16.7 Å². The van der Waals surface area contributed by atoms with E-state index < -0.39 is 0 Å². The van der Waals surface area contributed by atoms with Gasteiger partial charge in [-0.3, -0.25) is 4.57 Å². The molecule has 0 bridgehead atoms. The minimum Gasteiger partial charge on any atom is -0.296 e. The van der Waals surface area contributed by atoms with Crippen LogP contribution in [0.2, 0.25) is 5.02 Å². The number of halogens is 2. The first-order chi connectivity index (χ1) is 9.70. The van der Waals surface area contributed by atoms with Gasteiger partial charge in [0.05, 0.1) is 11.0 Å². The predicted octanol–water partition coefficient (Wildman–Crippen LogP) is 4.77. The number of alkyl halides is 1. The minimum absolute atomic E-state index is 0.552. The second-order valence-electron chi connectivity index (χ2n) is 4.72. The zero-order valence-corrected chi connectivity index (χ0v) is 12.6. The molecular weight excluding hydrogens is 291 g/mol. The Morgan fingerprint density at radius 3 is 2.55 bits per heavy atom. The van der Waals surface area contributed by atoms with E-state index in [1.54, 1.807) is 0 Å². The van der Waals surface area contributed by atoms with Crippen LogP contribution in [-0.4, -0.2) is 15.4 Å². The van der Waals surface area contributed by atoms with E-state index in [0.29, 0.717) is 5.88 Å². The zero-order valence-electron chi connectivity index (χ0n) is 11.1. The van der Waals surface area contributed by atoms with Crippen LogP contribution in [0.4, 0.5) is 0 Å². The number of benzene rings is 2. The molecule has 2 aromatic carbocycles. The Morgan fingerprint density at radius 1 is 1.10 bits per heavy atom. The van der Waals surface area contributed by atoms with Gasteiger partial charge in [0.15, 0.2) is 0 Å². The topological polar surface area (TPSA) is 17.8 Å². The Bertz CT molecular complexity index is 745. The lowest BCUT2D eigenvalue weighted by atomic mass is 10.2. The Hall–Kier alpha value is -1.51. The van der Waals surface area contributed by atoms with Crippen molar-refractivity contribution in [1.29, 1.82) is 0 Å². The second-order valence-corrected chi connectivity index (χ2v) is 5.54. The van der Waals surface area contributed by atoms with Crippen LogP contribution in [0.1, 0.15) is 11.4 Å². The van der Waals surface area contributed by atoms with Crippen LogP contribution in [0.15, 0.2) is 42.5 Å². The zero-order chi connectivity index (χ0) is 14.1. The third-order valence-corrected chi connectivity index (χ3v) is 3.79. The summed E-state index contributed by atoms with van der Waals surface area (Å²) in [5.41, 5.74) is 4.40. The maximum Gasteiger partial charge on any atom is 0.115 e. The smallest absolute Gasteiger partial charge is 0.115 e. The molecular formula is C16H14Cl2N2. The fraction of sp³-hybridized carbons (Fsp3) is 0.188. The molecule has 0 radical (unpaired) electrons. The van der Waals surface area contributed by atoms with E-state index in [2.05, 4.69) is 17.6 Å². The Kier molecular flexibility index (Phi) is 3.68. The summed E-state index contributed by atoms with van der Waals surface area (Å²) in [6.45, 7) is 2.10. The van der Waals surface area contributed by atoms with Gasteiger partial charge in [-0.2, -0.15) is 0 Å². The number of imidazole rings is 1. The van der Waals surface area contributed by atoms with E-state index in [-0.39, 0.29) is 0 Å². The van der Waals surface area contributed by atoms with Crippen molar-refractivity contribution in [1.82, 2.24) is 9.55 Å². The fourth-order valence-electron chi connectivity index (χ4n) is 2.46. The van der Waals surface area contributed by atoms with Crippen molar-refractivity contribution in [3.8, 4) is 5.69 Å². The van der Waals surface area contributed by atoms with Gasteiger partial charge in [-0.1, -0.05) is 23.7 Å². The lowest BCUT2D eigenvalue weighted by Crippen LogP contribution is -2.02. The highest BCUT2D eigenvalue weighted by atomic mass is 35.5. The standard InChI is InChI=1S/C16H14Cl2N2/c1-11-3-2-4-14-16(11)20(15(19-14)9-10-17)13-7-5-12(18)6-8-13/h2-8H,9-10H2,1H3. The molecule has 3 aromatic rings. The number of aromatic nitrogens is 2. The summed E-state index contributed by atoms with van der Waals surface area (Å²) in [6.07, 6.45) is 0.734. The quantitative estimate of drug-likeness (QED) is 0.637. The first-order valence-electron chi connectivity index (χ1n) is 6.49. The van der Waals surface area contributed by atoms with Crippen LogP contribution < -0.4 is 0 Å². The maximum atomic E-state index is 5.98. The lowest BCUT2D eigenvalue weighted by Gasteiger charge is -2.10. The molecule has 0 aliphatic heterocycles. The fourth-order valence-corrected chi connectivity index (χ4v) is 2.76. The van der Waals surface area contributed by atoms with Gasteiger partial charge in [-0.25, -0.2) is 4.98 Å². The molecule has 1 heterocycles. The molecule has 4 heteroatoms. The highest BCUT2D eigenvalue weighted by Gasteiger charge is 2.13. The van der Waals surface area contributed by atoms with E-state index in [1.807, 2.05) is 36.4 Å². The molecule has 0 atom stereocenters. The van der Waals surface area contributed by atoms with Gasteiger partial charge in [0, 0.05) is 23.0 Å². The number of para-hydroxylation sites is 1. The van der Waals surface area contributed by atoms with Gasteiger partial charge < -0.3 is 0 Å². The molecule has 0 unspecified atom stereocenters. The molecule has 102 valence electrons. The average molecular weight is 305 g/mol. The normalized spacial score (nSPS) is 11.2. The number of hydrogen-bond acceptors (Lipinski definition) is 1. The molecule has 0 N–H and O–H groups in total. The van der Waals surface area contributed by atoms with Gasteiger partial charge in [0.25, 0.3) is 0 Å². The number of nitrogens with zero attached hydrogens (tertiary/aromatic N) is 2. The molecule has 1 aromatic heterocycles. The average Bonchev–Trinajstić information content (AvgIpc) is 2.80. The molecule has 0 aliphatic rings. The lowest BCUT2D eigenvalue weighted by molar-refractivity contribution is 0.911. The highest BCUT2D eigenvalue weighted by molar-refractivity contribution is 6.30. The minimum atomic E-state index is 0.552. The first-order valence-corrected chi connectivity index (χ1v) is 7.41. The van der Waals surface area contributed by atoms with Crippen LogP contribution in [0.5, 0.6) is 0 Å². The van der Waals surface area contributed by atoms with Gasteiger partial charge in [-0.15, -0.1) is 11.6 Å². The van der Waals surface area contributed by atoms with Crippen molar-refractivity contribution in [3.63, 3.8) is 0 Å². The third kappa shape index (κ3) is 2.30. The van der Waals surface area contributed by atoms with E-state index in [9.17, 15) is 0 Å². The van der Waals surface area contributed by atoms with Crippen molar-refractivity contribution in [2.45, 2.75) is 13.3 Å². The van der Waals surface area contributed by atoms with Crippen LogP contribution in [0.3, 0.4) is 0 Å². The number of rotatable bonds is 3. The summed E-state index contributed by atoms with van der Waals surface area (Å²) >= 11 is 11.9. The van der Waals surface area contributed by atoms with E-state index in [4.69, 9.17) is 28.2 Å². The highest BCUT2D eigenvalue weighted by Crippen LogP contribution is 2.25. The Balaban J connectivity index is 2.30. The van der Waals surface area contributed by atoms with Crippen molar-refractivity contribution in [2.24, 2.45) is 0 Å². The number of hydrogen-bond donors (Lipinski definition) is 0. The van der Waals surface area contributed by atoms with Gasteiger partial charge in [-0.05, 0) is 42.8 Å². The molecule has 20 heavy (non-hydrogen) atoms. The van der Waals surface area contributed by atoms with E-state index >= 15 is 0 Å². The molecule has 2 nitrogen and oxygen atoms in total.